The van der Waals surface area contributed by atoms with E-state index in [1.54, 1.807) is 12.1 Å². The Morgan fingerprint density at radius 3 is 2.65 bits per heavy atom. The summed E-state index contributed by atoms with van der Waals surface area (Å²) in [4.78, 5) is 18.3. The molecule has 2 N–H and O–H groups in total. The first-order valence-corrected chi connectivity index (χ1v) is 10.8. The normalized spacial score (nSPS) is 15.1. The lowest BCUT2D eigenvalue weighted by Crippen LogP contribution is -2.41. The number of halogens is 1. The van der Waals surface area contributed by atoms with Gasteiger partial charge in [0, 0.05) is 32.1 Å². The molecule has 0 radical (unpaired) electrons. The van der Waals surface area contributed by atoms with Crippen molar-refractivity contribution in [3.05, 3.63) is 65.5 Å². The van der Waals surface area contributed by atoms with E-state index in [-0.39, 0.29) is 17.8 Å². The molecule has 1 fully saturated rings. The number of hydrogen-bond acceptors (Lipinski definition) is 3. The fourth-order valence-electron chi connectivity index (χ4n) is 3.41. The second-order valence-corrected chi connectivity index (χ2v) is 7.70. The van der Waals surface area contributed by atoms with Crippen molar-refractivity contribution in [3.8, 4) is 5.75 Å². The summed E-state index contributed by atoms with van der Waals surface area (Å²) in [5.74, 6) is 1.13. The standard InChI is InChI=1S/C24H31FN4O2/c1-3-26-24(27-15-18(2)31-22-7-4-6-21(25)14-22)28-16-19-9-11-20(12-10-19)17-29-13-5-8-23(29)30/h4,6-7,9-12,14,18H,3,5,8,13,15-17H2,1-2H3,(H2,26,27,28). The summed E-state index contributed by atoms with van der Waals surface area (Å²) < 4.78 is 19.0. The Balaban J connectivity index is 1.49. The highest BCUT2D eigenvalue weighted by molar-refractivity contribution is 5.79. The molecule has 1 unspecified atom stereocenters. The van der Waals surface area contributed by atoms with Gasteiger partial charge in [-0.1, -0.05) is 30.3 Å². The number of nitrogens with one attached hydrogen (secondary N) is 2. The number of hydrogen-bond donors (Lipinski definition) is 2. The molecule has 0 spiro atoms. The summed E-state index contributed by atoms with van der Waals surface area (Å²) in [5.41, 5.74) is 2.23. The molecule has 1 atom stereocenters. The lowest BCUT2D eigenvalue weighted by molar-refractivity contribution is -0.128. The van der Waals surface area contributed by atoms with Crippen LogP contribution >= 0.6 is 0 Å². The number of nitrogens with zero attached hydrogens (tertiary/aromatic N) is 2. The summed E-state index contributed by atoms with van der Waals surface area (Å²) in [5, 5.41) is 6.49. The maximum atomic E-state index is 13.3. The zero-order valence-electron chi connectivity index (χ0n) is 18.2. The Morgan fingerprint density at radius 2 is 1.97 bits per heavy atom. The molecule has 1 aliphatic heterocycles. The molecule has 31 heavy (non-hydrogen) atoms. The van der Waals surface area contributed by atoms with Crippen LogP contribution in [0.1, 0.15) is 37.8 Å². The summed E-state index contributed by atoms with van der Waals surface area (Å²) in [6.07, 6.45) is 1.47. The number of benzene rings is 2. The smallest absolute Gasteiger partial charge is 0.222 e. The number of rotatable bonds is 9. The van der Waals surface area contributed by atoms with Crippen molar-refractivity contribution < 1.29 is 13.9 Å². The zero-order chi connectivity index (χ0) is 22.1. The van der Waals surface area contributed by atoms with Crippen molar-refractivity contribution in [2.24, 2.45) is 4.99 Å². The van der Waals surface area contributed by atoms with Crippen LogP contribution in [0.3, 0.4) is 0 Å². The van der Waals surface area contributed by atoms with Crippen molar-refractivity contribution in [3.63, 3.8) is 0 Å². The fraction of sp³-hybridized carbons (Fsp3) is 0.417. The molecule has 7 heteroatoms. The minimum Gasteiger partial charge on any atom is -0.489 e. The highest BCUT2D eigenvalue weighted by Gasteiger charge is 2.19. The van der Waals surface area contributed by atoms with Crippen LogP contribution in [0.25, 0.3) is 0 Å². The largest absolute Gasteiger partial charge is 0.489 e. The van der Waals surface area contributed by atoms with Gasteiger partial charge in [-0.2, -0.15) is 0 Å². The van der Waals surface area contributed by atoms with Crippen LogP contribution in [-0.2, 0) is 17.9 Å². The summed E-state index contributed by atoms with van der Waals surface area (Å²) in [7, 11) is 0. The molecule has 1 amide bonds. The molecule has 0 aliphatic carbocycles. The van der Waals surface area contributed by atoms with E-state index in [0.29, 0.717) is 37.8 Å². The van der Waals surface area contributed by atoms with Crippen LogP contribution in [0.15, 0.2) is 53.5 Å². The van der Waals surface area contributed by atoms with Gasteiger partial charge >= 0.3 is 0 Å². The Kier molecular flexibility index (Phi) is 8.27. The number of aliphatic imine (C=N–C) groups is 1. The van der Waals surface area contributed by atoms with Crippen LogP contribution in [0.2, 0.25) is 0 Å². The minimum absolute atomic E-state index is 0.154. The molecule has 3 rings (SSSR count). The van der Waals surface area contributed by atoms with Crippen LogP contribution in [0.4, 0.5) is 4.39 Å². The Labute approximate surface area is 183 Å². The molecule has 166 valence electrons. The molecule has 1 heterocycles. The third-order valence-corrected chi connectivity index (χ3v) is 5.02. The van der Waals surface area contributed by atoms with Crippen molar-refractivity contribution in [2.45, 2.75) is 45.9 Å². The maximum absolute atomic E-state index is 13.3. The Bertz CT molecular complexity index is 885. The van der Waals surface area contributed by atoms with Gasteiger partial charge in [0.15, 0.2) is 5.96 Å². The van der Waals surface area contributed by atoms with Gasteiger partial charge in [0.05, 0.1) is 13.1 Å². The summed E-state index contributed by atoms with van der Waals surface area (Å²) in [6, 6.07) is 14.4. The van der Waals surface area contributed by atoms with Crippen LogP contribution < -0.4 is 15.4 Å². The molecular weight excluding hydrogens is 395 g/mol. The molecule has 1 aliphatic rings. The van der Waals surface area contributed by atoms with Crippen molar-refractivity contribution in [1.29, 1.82) is 0 Å². The first-order valence-electron chi connectivity index (χ1n) is 10.8. The van der Waals surface area contributed by atoms with Crippen LogP contribution in [0, 0.1) is 5.82 Å². The zero-order valence-corrected chi connectivity index (χ0v) is 18.2. The number of likely N-dealkylation sites (tertiary alicyclic amines) is 1. The second-order valence-electron chi connectivity index (χ2n) is 7.70. The van der Waals surface area contributed by atoms with Gasteiger partial charge in [-0.05, 0) is 43.5 Å². The molecule has 6 nitrogen and oxygen atoms in total. The number of carbonyl (C=O) groups excluding carboxylic acids is 1. The van der Waals surface area contributed by atoms with E-state index in [0.717, 1.165) is 30.6 Å². The topological polar surface area (TPSA) is 66.0 Å². The van der Waals surface area contributed by atoms with E-state index in [1.165, 1.54) is 12.1 Å². The first kappa shape index (κ1) is 22.6. The number of amides is 1. The third kappa shape index (κ3) is 7.27. The minimum atomic E-state index is -0.314. The highest BCUT2D eigenvalue weighted by atomic mass is 19.1. The molecule has 2 aromatic rings. The van der Waals surface area contributed by atoms with E-state index in [1.807, 2.05) is 18.7 Å². The monoisotopic (exact) mass is 426 g/mol. The predicted molar refractivity (Wildman–Crippen MR) is 120 cm³/mol. The fourth-order valence-corrected chi connectivity index (χ4v) is 3.41. The number of ether oxygens (including phenoxy) is 1. The van der Waals surface area contributed by atoms with Gasteiger partial charge < -0.3 is 20.3 Å². The van der Waals surface area contributed by atoms with Gasteiger partial charge in [0.25, 0.3) is 0 Å². The van der Waals surface area contributed by atoms with Gasteiger partial charge in [-0.15, -0.1) is 0 Å². The van der Waals surface area contributed by atoms with Crippen LogP contribution in [0.5, 0.6) is 5.75 Å². The Hall–Kier alpha value is -3.09. The first-order chi connectivity index (χ1) is 15.0. The van der Waals surface area contributed by atoms with Crippen LogP contribution in [-0.4, -0.2) is 42.5 Å². The third-order valence-electron chi connectivity index (χ3n) is 5.02. The SMILES string of the molecule is CCNC(=NCc1ccc(CN2CCCC2=O)cc1)NCC(C)Oc1cccc(F)c1. The number of carbonyl (C=O) groups is 1. The van der Waals surface area contributed by atoms with Gasteiger partial charge in [0.1, 0.15) is 17.7 Å². The van der Waals surface area contributed by atoms with Crippen molar-refractivity contribution in [2.75, 3.05) is 19.6 Å². The average Bonchev–Trinajstić information content (AvgIpc) is 3.15. The lowest BCUT2D eigenvalue weighted by atomic mass is 10.1. The quantitative estimate of drug-likeness (QED) is 0.476. The van der Waals surface area contributed by atoms with Gasteiger partial charge in [0.2, 0.25) is 5.91 Å². The molecular formula is C24H31FN4O2. The Morgan fingerprint density at radius 1 is 1.19 bits per heavy atom. The van der Waals surface area contributed by atoms with Gasteiger partial charge in [-0.25, -0.2) is 9.38 Å². The average molecular weight is 427 g/mol. The van der Waals surface area contributed by atoms with E-state index >= 15 is 0 Å². The van der Waals surface area contributed by atoms with E-state index in [4.69, 9.17) is 4.74 Å². The van der Waals surface area contributed by atoms with E-state index in [9.17, 15) is 9.18 Å². The second kappa shape index (κ2) is 11.3. The molecule has 2 aromatic carbocycles. The molecule has 1 saturated heterocycles. The van der Waals surface area contributed by atoms with E-state index < -0.39 is 0 Å². The molecule has 0 bridgehead atoms. The molecule has 0 saturated carbocycles. The van der Waals surface area contributed by atoms with Crippen molar-refractivity contribution in [1.82, 2.24) is 15.5 Å². The summed E-state index contributed by atoms with van der Waals surface area (Å²) in [6.45, 7) is 7.28. The molecule has 0 aromatic heterocycles. The number of guanidine groups is 1. The summed E-state index contributed by atoms with van der Waals surface area (Å²) >= 11 is 0. The highest BCUT2D eigenvalue weighted by Crippen LogP contribution is 2.15. The van der Waals surface area contributed by atoms with E-state index in [2.05, 4.69) is 39.9 Å². The van der Waals surface area contributed by atoms with Gasteiger partial charge in [-0.3, -0.25) is 4.79 Å². The lowest BCUT2D eigenvalue weighted by Gasteiger charge is -2.18. The maximum Gasteiger partial charge on any atom is 0.222 e. The predicted octanol–water partition coefficient (Wildman–Crippen LogP) is 3.47. The van der Waals surface area contributed by atoms with Crippen molar-refractivity contribution >= 4 is 11.9 Å².